The van der Waals surface area contributed by atoms with E-state index < -0.39 is 0 Å². The van der Waals surface area contributed by atoms with Crippen molar-refractivity contribution in [1.29, 1.82) is 0 Å². The summed E-state index contributed by atoms with van der Waals surface area (Å²) < 4.78 is 0. The Morgan fingerprint density at radius 2 is 1.80 bits per heavy atom. The topological polar surface area (TPSA) is 0 Å². The van der Waals surface area contributed by atoms with E-state index in [1.54, 1.807) is 0 Å². The van der Waals surface area contributed by atoms with Crippen molar-refractivity contribution in [2.24, 2.45) is 0 Å². The molecule has 0 spiro atoms. The van der Waals surface area contributed by atoms with Crippen LogP contribution >= 0.6 is 34.8 Å². The monoisotopic (exact) mass is 258 g/mol. The molecule has 0 aliphatic heterocycles. The second kappa shape index (κ2) is 4.61. The number of alkyl halides is 1. The normalized spacial score (nSPS) is 20.9. The van der Waals surface area contributed by atoms with Crippen LogP contribution in [0.4, 0.5) is 0 Å². The summed E-state index contributed by atoms with van der Waals surface area (Å²) >= 11 is 18.2. The summed E-state index contributed by atoms with van der Waals surface area (Å²) in [7, 11) is 0. The molecule has 3 heteroatoms. The molecule has 78 valence electrons. The number of allylic oxidation sites excluding steroid dienone is 4. The van der Waals surface area contributed by atoms with Crippen LogP contribution in [0.25, 0.3) is 5.57 Å². The summed E-state index contributed by atoms with van der Waals surface area (Å²) in [5.41, 5.74) is 2.02. The third-order valence-electron chi connectivity index (χ3n) is 2.34. The second-order valence-electron chi connectivity index (χ2n) is 3.39. The Labute approximate surface area is 104 Å². The number of rotatable bonds is 1. The maximum absolute atomic E-state index is 6.23. The summed E-state index contributed by atoms with van der Waals surface area (Å²) in [6.07, 6.45) is 4.48. The molecule has 0 amide bonds. The highest BCUT2D eigenvalue weighted by Crippen LogP contribution is 2.35. The third kappa shape index (κ3) is 2.39. The van der Waals surface area contributed by atoms with Gasteiger partial charge in [-0.2, -0.15) is 0 Å². The summed E-state index contributed by atoms with van der Waals surface area (Å²) in [4.78, 5) is 0. The summed E-state index contributed by atoms with van der Waals surface area (Å²) in [5.74, 6) is 0. The molecule has 0 radical (unpaired) electrons. The highest BCUT2D eigenvalue weighted by Gasteiger charge is 2.18. The first kappa shape index (κ1) is 11.1. The van der Waals surface area contributed by atoms with Crippen LogP contribution in [-0.2, 0) is 0 Å². The molecule has 1 unspecified atom stereocenters. The van der Waals surface area contributed by atoms with Crippen LogP contribution < -0.4 is 0 Å². The van der Waals surface area contributed by atoms with Crippen LogP contribution in [0.2, 0.25) is 5.02 Å². The van der Waals surface area contributed by atoms with Crippen molar-refractivity contribution in [2.75, 3.05) is 0 Å². The lowest BCUT2D eigenvalue weighted by Gasteiger charge is -2.18. The fraction of sp³-hybridized carbons (Fsp3) is 0.167. The van der Waals surface area contributed by atoms with Crippen LogP contribution in [0, 0.1) is 0 Å². The Morgan fingerprint density at radius 1 is 1.07 bits per heavy atom. The van der Waals surface area contributed by atoms with Gasteiger partial charge >= 0.3 is 0 Å². The lowest BCUT2D eigenvalue weighted by Crippen LogP contribution is -2.06. The molecule has 1 aromatic rings. The van der Waals surface area contributed by atoms with Crippen LogP contribution in [-0.4, -0.2) is 5.38 Å². The van der Waals surface area contributed by atoms with Crippen LogP contribution in [0.5, 0.6) is 0 Å². The van der Waals surface area contributed by atoms with Gasteiger partial charge in [0.25, 0.3) is 0 Å². The SMILES string of the molecule is ClC1=CC=C(c2ccccc2Cl)C(Cl)C1. The van der Waals surface area contributed by atoms with E-state index in [1.807, 2.05) is 36.4 Å². The Balaban J connectivity index is 2.44. The summed E-state index contributed by atoms with van der Waals surface area (Å²) in [6, 6.07) is 7.69. The van der Waals surface area contributed by atoms with Gasteiger partial charge < -0.3 is 0 Å². The van der Waals surface area contributed by atoms with Gasteiger partial charge in [-0.1, -0.05) is 47.5 Å². The van der Waals surface area contributed by atoms with E-state index in [1.165, 1.54) is 0 Å². The highest BCUT2D eigenvalue weighted by atomic mass is 35.5. The molecule has 0 fully saturated rings. The van der Waals surface area contributed by atoms with E-state index in [-0.39, 0.29) is 5.38 Å². The Kier molecular flexibility index (Phi) is 3.40. The van der Waals surface area contributed by atoms with Gasteiger partial charge in [0, 0.05) is 16.5 Å². The van der Waals surface area contributed by atoms with Crippen molar-refractivity contribution in [2.45, 2.75) is 11.8 Å². The quantitative estimate of drug-likeness (QED) is 0.632. The molecule has 0 nitrogen and oxygen atoms in total. The fourth-order valence-electron chi connectivity index (χ4n) is 1.59. The van der Waals surface area contributed by atoms with E-state index in [0.29, 0.717) is 6.42 Å². The van der Waals surface area contributed by atoms with Gasteiger partial charge in [-0.3, -0.25) is 0 Å². The van der Waals surface area contributed by atoms with E-state index in [9.17, 15) is 0 Å². The Morgan fingerprint density at radius 3 is 2.47 bits per heavy atom. The van der Waals surface area contributed by atoms with Crippen LogP contribution in [0.3, 0.4) is 0 Å². The number of hydrogen-bond acceptors (Lipinski definition) is 0. The standard InChI is InChI=1S/C12H9Cl3/c13-8-5-6-10(12(15)7-8)9-3-1-2-4-11(9)14/h1-6,12H,7H2. The second-order valence-corrected chi connectivity index (χ2v) is 4.81. The molecule has 0 bridgehead atoms. The molecule has 0 saturated carbocycles. The minimum atomic E-state index is -0.0950. The van der Waals surface area contributed by atoms with Gasteiger partial charge in [-0.25, -0.2) is 0 Å². The van der Waals surface area contributed by atoms with E-state index >= 15 is 0 Å². The minimum absolute atomic E-state index is 0.0950. The van der Waals surface area contributed by atoms with Crippen molar-refractivity contribution >= 4 is 40.4 Å². The number of halogens is 3. The summed E-state index contributed by atoms with van der Waals surface area (Å²) in [5, 5.41) is 1.41. The van der Waals surface area contributed by atoms with Crippen molar-refractivity contribution < 1.29 is 0 Å². The zero-order valence-electron chi connectivity index (χ0n) is 7.88. The van der Waals surface area contributed by atoms with Gasteiger partial charge in [0.05, 0.1) is 5.38 Å². The minimum Gasteiger partial charge on any atom is -0.117 e. The highest BCUT2D eigenvalue weighted by molar-refractivity contribution is 6.35. The first-order valence-corrected chi connectivity index (χ1v) is 5.83. The zero-order chi connectivity index (χ0) is 10.8. The average molecular weight is 260 g/mol. The predicted molar refractivity (Wildman–Crippen MR) is 67.6 cm³/mol. The Bertz CT molecular complexity index is 432. The third-order valence-corrected chi connectivity index (χ3v) is 3.34. The maximum Gasteiger partial charge on any atom is 0.0640 e. The molecule has 0 saturated heterocycles. The molecule has 0 aromatic heterocycles. The molecular formula is C12H9Cl3. The largest absolute Gasteiger partial charge is 0.117 e. The molecule has 0 N–H and O–H groups in total. The Hall–Kier alpha value is -0.430. The number of benzene rings is 1. The van der Waals surface area contributed by atoms with E-state index in [4.69, 9.17) is 34.8 Å². The van der Waals surface area contributed by atoms with Crippen molar-refractivity contribution in [3.63, 3.8) is 0 Å². The van der Waals surface area contributed by atoms with E-state index in [2.05, 4.69) is 0 Å². The zero-order valence-corrected chi connectivity index (χ0v) is 10.2. The fourth-order valence-corrected chi connectivity index (χ4v) is 2.49. The maximum atomic E-state index is 6.23. The molecular weight excluding hydrogens is 250 g/mol. The van der Waals surface area contributed by atoms with Gasteiger partial charge in [-0.15, -0.1) is 11.6 Å². The lowest BCUT2D eigenvalue weighted by molar-refractivity contribution is 1.04. The number of hydrogen-bond donors (Lipinski definition) is 0. The van der Waals surface area contributed by atoms with Crippen molar-refractivity contribution in [3.8, 4) is 0 Å². The molecule has 1 atom stereocenters. The first-order valence-electron chi connectivity index (χ1n) is 4.63. The molecule has 1 aliphatic rings. The molecule has 15 heavy (non-hydrogen) atoms. The van der Waals surface area contributed by atoms with Gasteiger partial charge in [0.2, 0.25) is 0 Å². The lowest BCUT2D eigenvalue weighted by atomic mass is 9.97. The summed E-state index contributed by atoms with van der Waals surface area (Å²) in [6.45, 7) is 0. The molecule has 0 heterocycles. The first-order chi connectivity index (χ1) is 7.18. The van der Waals surface area contributed by atoms with Crippen molar-refractivity contribution in [1.82, 2.24) is 0 Å². The van der Waals surface area contributed by atoms with Gasteiger partial charge in [0.1, 0.15) is 0 Å². The molecule has 1 aliphatic carbocycles. The average Bonchev–Trinajstić information content (AvgIpc) is 2.20. The molecule has 1 aromatic carbocycles. The smallest absolute Gasteiger partial charge is 0.0640 e. The van der Waals surface area contributed by atoms with Gasteiger partial charge in [-0.05, 0) is 23.3 Å². The molecule has 2 rings (SSSR count). The van der Waals surface area contributed by atoms with Crippen molar-refractivity contribution in [3.05, 3.63) is 52.0 Å². The van der Waals surface area contributed by atoms with Crippen LogP contribution in [0.15, 0.2) is 41.4 Å². The van der Waals surface area contributed by atoms with Crippen LogP contribution in [0.1, 0.15) is 12.0 Å². The van der Waals surface area contributed by atoms with E-state index in [0.717, 1.165) is 21.2 Å². The predicted octanol–water partition coefficient (Wildman–Crippen LogP) is 4.86. The van der Waals surface area contributed by atoms with Gasteiger partial charge in [0.15, 0.2) is 0 Å².